The van der Waals surface area contributed by atoms with Gasteiger partial charge in [0.2, 0.25) is 0 Å². The summed E-state index contributed by atoms with van der Waals surface area (Å²) in [6, 6.07) is 22.6. The number of urea groups is 1. The highest BCUT2D eigenvalue weighted by molar-refractivity contribution is 8.01. The highest BCUT2D eigenvalue weighted by Gasteiger charge is 2.59. The zero-order valence-electron chi connectivity index (χ0n) is 17.5. The third kappa shape index (κ3) is 3.34. The van der Waals surface area contributed by atoms with Gasteiger partial charge in [0.25, 0.3) is 5.91 Å². The fraction of sp³-hybridized carbons (Fsp3) is 0.200. The molecule has 2 aliphatic rings. The van der Waals surface area contributed by atoms with Crippen LogP contribution in [0.15, 0.2) is 72.8 Å². The molecule has 0 unspecified atom stereocenters. The Balaban J connectivity index is 1.52. The third-order valence-electron chi connectivity index (χ3n) is 5.90. The molecule has 3 amide bonds. The largest absolute Gasteiger partial charge is 0.323 e. The van der Waals surface area contributed by atoms with E-state index >= 15 is 0 Å². The van der Waals surface area contributed by atoms with E-state index in [0.29, 0.717) is 29.6 Å². The van der Waals surface area contributed by atoms with E-state index in [9.17, 15) is 9.59 Å². The van der Waals surface area contributed by atoms with Crippen LogP contribution in [-0.2, 0) is 16.2 Å². The zero-order valence-corrected chi connectivity index (χ0v) is 19.1. The van der Waals surface area contributed by atoms with E-state index in [0.717, 1.165) is 22.4 Å². The first kappa shape index (κ1) is 20.9. The average molecular weight is 464 g/mol. The predicted molar refractivity (Wildman–Crippen MR) is 130 cm³/mol. The second kappa shape index (κ2) is 8.19. The summed E-state index contributed by atoms with van der Waals surface area (Å²) in [6.07, 6.45) is 0. The Morgan fingerprint density at radius 1 is 1.09 bits per heavy atom. The lowest BCUT2D eigenvalue weighted by atomic mass is 10.1. The molecule has 1 saturated heterocycles. The van der Waals surface area contributed by atoms with Gasteiger partial charge in [-0.1, -0.05) is 60.1 Å². The monoisotopic (exact) mass is 463 g/mol. The van der Waals surface area contributed by atoms with Crippen molar-refractivity contribution in [1.82, 2.24) is 4.90 Å². The minimum Gasteiger partial charge on any atom is -0.308 e. The molecule has 2 aliphatic heterocycles. The molecule has 1 N–H and O–H groups in total. The highest BCUT2D eigenvalue weighted by atomic mass is 35.5. The van der Waals surface area contributed by atoms with Gasteiger partial charge in [-0.2, -0.15) is 0 Å². The quantitative estimate of drug-likeness (QED) is 0.547. The maximum atomic E-state index is 14.0. The summed E-state index contributed by atoms with van der Waals surface area (Å²) in [6.45, 7) is 2.82. The van der Waals surface area contributed by atoms with E-state index in [2.05, 4.69) is 5.32 Å². The van der Waals surface area contributed by atoms with Crippen LogP contribution in [0.5, 0.6) is 0 Å². The van der Waals surface area contributed by atoms with Gasteiger partial charge in [0.05, 0.1) is 12.2 Å². The summed E-state index contributed by atoms with van der Waals surface area (Å²) < 4.78 is 0. The van der Waals surface area contributed by atoms with E-state index in [1.165, 1.54) is 11.8 Å². The number of aryl methyl sites for hydroxylation is 1. The summed E-state index contributed by atoms with van der Waals surface area (Å²) in [4.78, 5) is 29.7. The number of carbonyl (C=O) groups excluding carboxylic acids is 2. The lowest BCUT2D eigenvalue weighted by Crippen LogP contribution is -2.51. The van der Waals surface area contributed by atoms with Crippen LogP contribution in [0.2, 0.25) is 5.02 Å². The number of nitrogens with one attached hydrogen (secondary N) is 1. The van der Waals surface area contributed by atoms with Crippen molar-refractivity contribution in [2.24, 2.45) is 0 Å². The molecule has 162 valence electrons. The normalized spacial score (nSPS) is 19.5. The van der Waals surface area contributed by atoms with Gasteiger partial charge in [-0.15, -0.1) is 11.8 Å². The number of carbonyl (C=O) groups is 2. The van der Waals surface area contributed by atoms with E-state index in [-0.39, 0.29) is 11.9 Å². The first-order chi connectivity index (χ1) is 15.5. The summed E-state index contributed by atoms with van der Waals surface area (Å²) in [5.74, 6) is 0.571. The van der Waals surface area contributed by atoms with Crippen LogP contribution in [0, 0.1) is 6.92 Å². The molecule has 32 heavy (non-hydrogen) atoms. The summed E-state index contributed by atoms with van der Waals surface area (Å²) in [5.41, 5.74) is 4.31. The molecule has 5 rings (SSSR count). The molecular formula is C25H22ClN3O2S. The van der Waals surface area contributed by atoms with Gasteiger partial charge in [-0.05, 0) is 42.3 Å². The number of anilines is 2. The Labute approximate surface area is 196 Å². The molecule has 7 heteroatoms. The van der Waals surface area contributed by atoms with E-state index in [1.54, 1.807) is 9.80 Å². The lowest BCUT2D eigenvalue weighted by molar-refractivity contribution is -0.123. The lowest BCUT2D eigenvalue weighted by Gasteiger charge is -2.33. The smallest absolute Gasteiger partial charge is 0.308 e. The summed E-state index contributed by atoms with van der Waals surface area (Å²) >= 11 is 7.91. The second-order valence-corrected chi connectivity index (χ2v) is 9.64. The van der Waals surface area contributed by atoms with Crippen molar-refractivity contribution in [2.45, 2.75) is 18.3 Å². The number of rotatable bonds is 3. The van der Waals surface area contributed by atoms with Crippen molar-refractivity contribution in [3.05, 3.63) is 94.5 Å². The Bertz CT molecular complexity index is 1220. The number of benzene rings is 3. The number of fused-ring (bicyclic) bond motifs is 2. The van der Waals surface area contributed by atoms with Gasteiger partial charge in [0.1, 0.15) is 0 Å². The molecule has 2 heterocycles. The van der Waals surface area contributed by atoms with Crippen LogP contribution >= 0.6 is 23.4 Å². The standard InChI is InChI=1S/C25H22ClN3O2S/c1-17-7-6-9-19(15-17)27-24(31)29-13-14-32-25(29)20-10-3-5-12-22(20)28(23(25)30)16-18-8-2-4-11-21(18)26/h2-12,15H,13-14,16H2,1H3,(H,27,31)/t25-/m1/s1. The van der Waals surface area contributed by atoms with Crippen LogP contribution in [0.3, 0.4) is 0 Å². The average Bonchev–Trinajstić information content (AvgIpc) is 3.33. The van der Waals surface area contributed by atoms with Gasteiger partial charge >= 0.3 is 6.03 Å². The van der Waals surface area contributed by atoms with Gasteiger partial charge < -0.3 is 10.2 Å². The number of nitrogens with zero attached hydrogens (tertiary/aromatic N) is 2. The van der Waals surface area contributed by atoms with Gasteiger partial charge in [0, 0.05) is 28.6 Å². The Hall–Kier alpha value is -2.96. The number of hydrogen-bond acceptors (Lipinski definition) is 3. The molecule has 0 bridgehead atoms. The minimum atomic E-state index is -1.08. The Morgan fingerprint density at radius 3 is 2.69 bits per heavy atom. The van der Waals surface area contributed by atoms with Crippen molar-refractivity contribution >= 4 is 46.7 Å². The molecule has 5 nitrogen and oxygen atoms in total. The zero-order chi connectivity index (χ0) is 22.3. The van der Waals surface area contributed by atoms with E-state index in [4.69, 9.17) is 11.6 Å². The summed E-state index contributed by atoms with van der Waals surface area (Å²) in [7, 11) is 0. The molecule has 0 radical (unpaired) electrons. The number of para-hydroxylation sites is 1. The maximum Gasteiger partial charge on any atom is 0.323 e. The van der Waals surface area contributed by atoms with Crippen molar-refractivity contribution in [2.75, 3.05) is 22.5 Å². The third-order valence-corrected chi connectivity index (χ3v) is 7.69. The van der Waals surface area contributed by atoms with Crippen LogP contribution in [0.1, 0.15) is 16.7 Å². The number of halogens is 1. The van der Waals surface area contributed by atoms with Gasteiger partial charge in [-0.25, -0.2) is 4.79 Å². The van der Waals surface area contributed by atoms with Crippen molar-refractivity contribution in [1.29, 1.82) is 0 Å². The molecule has 0 saturated carbocycles. The first-order valence-corrected chi connectivity index (χ1v) is 11.8. The Kier molecular flexibility index (Phi) is 5.35. The topological polar surface area (TPSA) is 52.7 Å². The molecule has 3 aromatic rings. The van der Waals surface area contributed by atoms with E-state index < -0.39 is 4.87 Å². The number of thioether (sulfide) groups is 1. The van der Waals surface area contributed by atoms with Crippen LogP contribution < -0.4 is 10.2 Å². The Morgan fingerprint density at radius 2 is 1.88 bits per heavy atom. The summed E-state index contributed by atoms with van der Waals surface area (Å²) in [5, 5.41) is 3.60. The minimum absolute atomic E-state index is 0.111. The maximum absolute atomic E-state index is 14.0. The first-order valence-electron chi connectivity index (χ1n) is 10.4. The molecule has 1 fully saturated rings. The molecular weight excluding hydrogens is 442 g/mol. The highest BCUT2D eigenvalue weighted by Crippen LogP contribution is 2.54. The van der Waals surface area contributed by atoms with Crippen LogP contribution in [0.25, 0.3) is 0 Å². The van der Waals surface area contributed by atoms with Crippen LogP contribution in [0.4, 0.5) is 16.2 Å². The van der Waals surface area contributed by atoms with E-state index in [1.807, 2.05) is 79.7 Å². The SMILES string of the molecule is Cc1cccc(NC(=O)N2CCS[C@]23C(=O)N(Cc2ccccc2Cl)c2ccccc23)c1. The predicted octanol–water partition coefficient (Wildman–Crippen LogP) is 5.63. The molecule has 1 spiro atoms. The molecule has 0 aliphatic carbocycles. The van der Waals surface area contributed by atoms with Crippen molar-refractivity contribution < 1.29 is 9.59 Å². The number of amides is 3. The van der Waals surface area contributed by atoms with Gasteiger partial charge in [-0.3, -0.25) is 9.69 Å². The van der Waals surface area contributed by atoms with Gasteiger partial charge in [0.15, 0.2) is 4.87 Å². The number of hydrogen-bond donors (Lipinski definition) is 1. The fourth-order valence-electron chi connectivity index (χ4n) is 4.44. The molecule has 3 aromatic carbocycles. The molecule has 0 aromatic heterocycles. The second-order valence-electron chi connectivity index (χ2n) is 7.94. The van der Waals surface area contributed by atoms with Crippen molar-refractivity contribution in [3.63, 3.8) is 0 Å². The van der Waals surface area contributed by atoms with Crippen molar-refractivity contribution in [3.8, 4) is 0 Å². The van der Waals surface area contributed by atoms with Crippen LogP contribution in [-0.4, -0.2) is 29.1 Å². The molecule has 1 atom stereocenters. The fourth-order valence-corrected chi connectivity index (χ4v) is 6.09.